The quantitative estimate of drug-likeness (QED) is 0.675. The molecule has 1 amide bonds. The van der Waals surface area contributed by atoms with Gasteiger partial charge in [-0.25, -0.2) is 4.98 Å². The van der Waals surface area contributed by atoms with Crippen LogP contribution in [-0.2, 0) is 0 Å². The van der Waals surface area contributed by atoms with Crippen LogP contribution in [0.4, 0.5) is 5.69 Å². The number of para-hydroxylation sites is 1. The van der Waals surface area contributed by atoms with Gasteiger partial charge in [-0.15, -0.1) is 22.7 Å². The molecule has 0 radical (unpaired) electrons. The van der Waals surface area contributed by atoms with Crippen LogP contribution >= 0.6 is 22.7 Å². The van der Waals surface area contributed by atoms with Gasteiger partial charge >= 0.3 is 0 Å². The largest absolute Gasteiger partial charge is 0.321 e. The maximum atomic E-state index is 12.7. The van der Waals surface area contributed by atoms with Crippen LogP contribution in [0.2, 0.25) is 0 Å². The van der Waals surface area contributed by atoms with Crippen LogP contribution in [-0.4, -0.2) is 10.9 Å². The van der Waals surface area contributed by atoms with Crippen LogP contribution in [0.5, 0.6) is 0 Å². The van der Waals surface area contributed by atoms with E-state index in [2.05, 4.69) is 30.2 Å². The molecule has 3 aromatic rings. The van der Waals surface area contributed by atoms with Gasteiger partial charge in [0.1, 0.15) is 9.88 Å². The number of nitrogens with zero attached hydrogens (tertiary/aromatic N) is 1. The minimum Gasteiger partial charge on any atom is -0.321 e. The fourth-order valence-electron chi connectivity index (χ4n) is 2.41. The van der Waals surface area contributed by atoms with Crippen molar-refractivity contribution in [1.82, 2.24) is 4.98 Å². The van der Waals surface area contributed by atoms with Crippen molar-refractivity contribution >= 4 is 34.3 Å². The van der Waals surface area contributed by atoms with Crippen LogP contribution in [0.3, 0.4) is 0 Å². The molecule has 23 heavy (non-hydrogen) atoms. The minimum atomic E-state index is -0.0871. The number of carbonyl (C=O) groups is 1. The Kier molecular flexibility index (Phi) is 4.59. The molecule has 0 aliphatic rings. The van der Waals surface area contributed by atoms with Crippen molar-refractivity contribution in [2.45, 2.75) is 26.7 Å². The summed E-state index contributed by atoms with van der Waals surface area (Å²) >= 11 is 3.08. The molecule has 0 fully saturated rings. The fourth-order valence-corrected chi connectivity index (χ4v) is 4.16. The maximum absolute atomic E-state index is 12.7. The highest BCUT2D eigenvalue weighted by Crippen LogP contribution is 2.32. The van der Waals surface area contributed by atoms with Gasteiger partial charge in [0.05, 0.1) is 10.6 Å². The zero-order valence-corrected chi connectivity index (χ0v) is 14.9. The van der Waals surface area contributed by atoms with E-state index in [0.717, 1.165) is 26.8 Å². The van der Waals surface area contributed by atoms with Crippen LogP contribution in [0.25, 0.3) is 9.88 Å². The zero-order valence-electron chi connectivity index (χ0n) is 13.3. The lowest BCUT2D eigenvalue weighted by Gasteiger charge is -2.13. The number of thiophene rings is 1. The van der Waals surface area contributed by atoms with Crippen LogP contribution < -0.4 is 5.32 Å². The molecule has 2 aromatic heterocycles. The molecule has 3 nitrogen and oxygen atoms in total. The van der Waals surface area contributed by atoms with Crippen LogP contribution in [0.15, 0.2) is 41.8 Å². The summed E-state index contributed by atoms with van der Waals surface area (Å²) in [6.45, 7) is 6.13. The van der Waals surface area contributed by atoms with E-state index in [1.807, 2.05) is 42.6 Å². The first-order valence-corrected chi connectivity index (χ1v) is 9.17. The molecule has 1 aromatic carbocycles. The number of benzene rings is 1. The average molecular weight is 342 g/mol. The summed E-state index contributed by atoms with van der Waals surface area (Å²) in [7, 11) is 0. The first kappa shape index (κ1) is 15.9. The molecule has 2 heterocycles. The number of hydrogen-bond donors (Lipinski definition) is 1. The molecule has 0 bridgehead atoms. The van der Waals surface area contributed by atoms with Gasteiger partial charge in [0, 0.05) is 5.69 Å². The van der Waals surface area contributed by atoms with Gasteiger partial charge in [0.15, 0.2) is 0 Å². The van der Waals surface area contributed by atoms with Gasteiger partial charge in [-0.05, 0) is 35.9 Å². The number of hydrogen-bond acceptors (Lipinski definition) is 4. The molecular weight excluding hydrogens is 324 g/mol. The summed E-state index contributed by atoms with van der Waals surface area (Å²) in [5.74, 6) is 0.270. The molecule has 0 aliphatic heterocycles. The van der Waals surface area contributed by atoms with E-state index >= 15 is 0 Å². The predicted octanol–water partition coefficient (Wildman–Crippen LogP) is 5.56. The lowest BCUT2D eigenvalue weighted by molar-refractivity contribution is 0.102. The molecule has 0 saturated heterocycles. The molecule has 0 atom stereocenters. The molecule has 0 aliphatic carbocycles. The molecule has 0 unspecified atom stereocenters. The van der Waals surface area contributed by atoms with Crippen LogP contribution in [0, 0.1) is 6.92 Å². The molecule has 118 valence electrons. The highest BCUT2D eigenvalue weighted by molar-refractivity contribution is 7.22. The number of nitrogens with one attached hydrogen (secondary N) is 1. The van der Waals surface area contributed by atoms with Crippen molar-refractivity contribution < 1.29 is 4.79 Å². The van der Waals surface area contributed by atoms with E-state index in [4.69, 9.17) is 0 Å². The smallest absolute Gasteiger partial charge is 0.267 e. The Labute approximate surface area is 144 Å². The summed E-state index contributed by atoms with van der Waals surface area (Å²) < 4.78 is 0. The number of carbonyl (C=O) groups excluding carboxylic acids is 1. The Morgan fingerprint density at radius 2 is 1.96 bits per heavy atom. The fraction of sp³-hybridized carbons (Fsp3) is 0.222. The number of aromatic nitrogens is 1. The Morgan fingerprint density at radius 3 is 2.65 bits per heavy atom. The predicted molar refractivity (Wildman–Crippen MR) is 98.6 cm³/mol. The van der Waals surface area contributed by atoms with E-state index in [1.165, 1.54) is 11.3 Å². The highest BCUT2D eigenvalue weighted by atomic mass is 32.1. The molecule has 3 rings (SSSR count). The second-order valence-electron chi connectivity index (χ2n) is 5.61. The summed E-state index contributed by atoms with van der Waals surface area (Å²) in [5, 5.41) is 5.96. The van der Waals surface area contributed by atoms with Crippen molar-refractivity contribution in [3.63, 3.8) is 0 Å². The lowest BCUT2D eigenvalue weighted by Crippen LogP contribution is -2.13. The number of rotatable bonds is 4. The third kappa shape index (κ3) is 3.35. The Morgan fingerprint density at radius 1 is 1.17 bits per heavy atom. The topological polar surface area (TPSA) is 42.0 Å². The minimum absolute atomic E-state index is 0.0871. The van der Waals surface area contributed by atoms with Gasteiger partial charge in [-0.3, -0.25) is 4.79 Å². The first-order chi connectivity index (χ1) is 11.1. The van der Waals surface area contributed by atoms with Gasteiger partial charge in [0.2, 0.25) is 0 Å². The highest BCUT2D eigenvalue weighted by Gasteiger charge is 2.18. The molecule has 1 N–H and O–H groups in total. The first-order valence-electron chi connectivity index (χ1n) is 7.48. The molecular formula is C18H18N2OS2. The van der Waals surface area contributed by atoms with Crippen molar-refractivity contribution in [1.29, 1.82) is 0 Å². The Balaban J connectivity index is 1.87. The van der Waals surface area contributed by atoms with E-state index in [9.17, 15) is 4.79 Å². The number of thiazole rings is 1. The van der Waals surface area contributed by atoms with Crippen molar-refractivity contribution in [2.75, 3.05) is 5.32 Å². The maximum Gasteiger partial charge on any atom is 0.267 e. The van der Waals surface area contributed by atoms with Crippen LogP contribution in [0.1, 0.15) is 40.7 Å². The summed E-state index contributed by atoms with van der Waals surface area (Å²) in [5.41, 5.74) is 2.79. The lowest BCUT2D eigenvalue weighted by atomic mass is 10.0. The monoisotopic (exact) mass is 342 g/mol. The second-order valence-corrected chi connectivity index (χ2v) is 7.55. The second kappa shape index (κ2) is 6.64. The van der Waals surface area contributed by atoms with E-state index < -0.39 is 0 Å². The summed E-state index contributed by atoms with van der Waals surface area (Å²) in [6, 6.07) is 12.0. The standard InChI is InChI=1S/C18H18N2OS2/c1-11(2)13-7-4-5-8-14(13)20-17(21)16-12(3)19-18(23-16)15-9-6-10-22-15/h4-11H,1-3H3,(H,20,21). The molecule has 0 spiro atoms. The SMILES string of the molecule is Cc1nc(-c2cccs2)sc1C(=O)Nc1ccccc1C(C)C. The summed E-state index contributed by atoms with van der Waals surface area (Å²) in [6.07, 6.45) is 0. The number of aryl methyl sites for hydroxylation is 1. The van der Waals surface area contributed by atoms with Crippen molar-refractivity contribution in [2.24, 2.45) is 0 Å². The normalized spacial score (nSPS) is 11.0. The van der Waals surface area contributed by atoms with Gasteiger partial charge in [0.25, 0.3) is 5.91 Å². The Hall–Kier alpha value is -1.98. The summed E-state index contributed by atoms with van der Waals surface area (Å²) in [4.78, 5) is 19.0. The van der Waals surface area contributed by atoms with Crippen molar-refractivity contribution in [3.8, 4) is 9.88 Å². The van der Waals surface area contributed by atoms with E-state index in [-0.39, 0.29) is 5.91 Å². The molecule has 5 heteroatoms. The average Bonchev–Trinajstić information content (AvgIpc) is 3.16. The van der Waals surface area contributed by atoms with E-state index in [0.29, 0.717) is 10.8 Å². The van der Waals surface area contributed by atoms with Crippen molar-refractivity contribution in [3.05, 3.63) is 57.9 Å². The number of anilines is 1. The third-order valence-electron chi connectivity index (χ3n) is 3.57. The van der Waals surface area contributed by atoms with Gasteiger partial charge in [-0.2, -0.15) is 0 Å². The van der Waals surface area contributed by atoms with E-state index in [1.54, 1.807) is 11.3 Å². The Bertz CT molecular complexity index is 819. The third-order valence-corrected chi connectivity index (χ3v) is 5.76. The zero-order chi connectivity index (χ0) is 16.4. The van der Waals surface area contributed by atoms with Gasteiger partial charge < -0.3 is 5.32 Å². The van der Waals surface area contributed by atoms with Gasteiger partial charge in [-0.1, -0.05) is 38.1 Å². The molecule has 0 saturated carbocycles. The number of amides is 1.